The Kier molecular flexibility index (Phi) is 6.07. The largest absolute Gasteiger partial charge is 0.508 e. The van der Waals surface area contributed by atoms with Gasteiger partial charge >= 0.3 is 12.4 Å². The van der Waals surface area contributed by atoms with Crippen molar-refractivity contribution >= 4 is 16.7 Å². The van der Waals surface area contributed by atoms with Crippen LogP contribution in [0.4, 0.5) is 40.8 Å². The van der Waals surface area contributed by atoms with E-state index in [1.165, 1.54) is 24.3 Å². The molecule has 0 saturated carbocycles. The summed E-state index contributed by atoms with van der Waals surface area (Å²) in [6, 6.07) is 9.13. The number of hydrogen-bond acceptors (Lipinski definition) is 4. The molecule has 0 fully saturated rings. The first kappa shape index (κ1) is 24.3. The molecule has 2 aromatic carbocycles. The Morgan fingerprint density at radius 1 is 0.857 bits per heavy atom. The van der Waals surface area contributed by atoms with Gasteiger partial charge in [0.1, 0.15) is 41.8 Å². The summed E-state index contributed by atoms with van der Waals surface area (Å²) >= 11 is 0. The maximum Gasteiger partial charge on any atom is 0.407 e. The van der Waals surface area contributed by atoms with Crippen LogP contribution in [-0.4, -0.2) is 30.5 Å². The lowest BCUT2D eigenvalue weighted by molar-refractivity contribution is -0.118. The number of nitrogens with zero attached hydrogens (tertiary/aromatic N) is 1. The fraction of sp³-hybridized carbons (Fsp3) is 0.174. The average Bonchev–Trinajstić information content (AvgIpc) is 2.75. The molecule has 1 aliphatic heterocycles. The zero-order chi connectivity index (χ0) is 25.5. The quantitative estimate of drug-likeness (QED) is 0.244. The van der Waals surface area contributed by atoms with E-state index >= 15 is 0 Å². The molecule has 12 heteroatoms. The van der Waals surface area contributed by atoms with Gasteiger partial charge in [-0.25, -0.2) is 8.78 Å². The summed E-state index contributed by atoms with van der Waals surface area (Å²) in [6.07, 6.45) is -9.32. The molecule has 0 aromatic heterocycles. The van der Waals surface area contributed by atoms with Crippen molar-refractivity contribution in [2.75, 3.05) is 18.4 Å². The fourth-order valence-corrected chi connectivity index (χ4v) is 3.49. The molecule has 0 bridgehead atoms. The predicted molar refractivity (Wildman–Crippen MR) is 111 cm³/mol. The topological polar surface area (TPSA) is 57.8 Å². The molecule has 1 aliphatic carbocycles. The minimum atomic E-state index is -4.68. The monoisotopic (exact) mass is 502 g/mol. The molecule has 0 amide bonds. The number of rotatable bonds is 4. The van der Waals surface area contributed by atoms with Crippen LogP contribution in [-0.2, 0) is 0 Å². The Bertz CT molecular complexity index is 1420. The van der Waals surface area contributed by atoms with Crippen molar-refractivity contribution in [2.24, 2.45) is 4.99 Å². The molecular formula is C23H14F8N2O2. The molecule has 4 rings (SSSR count). The van der Waals surface area contributed by atoms with Gasteiger partial charge in [-0.15, -0.1) is 0 Å². The molecule has 35 heavy (non-hydrogen) atoms. The molecule has 0 spiro atoms. The number of hydrogen-bond donors (Lipinski definition) is 2. The van der Waals surface area contributed by atoms with E-state index in [2.05, 4.69) is 4.99 Å². The number of phenols is 1. The molecule has 2 aliphatic rings. The lowest BCUT2D eigenvalue weighted by Crippen LogP contribution is -2.21. The lowest BCUT2D eigenvalue weighted by Gasteiger charge is -2.17. The second-order valence-electron chi connectivity index (χ2n) is 7.55. The van der Waals surface area contributed by atoms with E-state index in [1.807, 2.05) is 5.32 Å². The molecule has 0 atom stereocenters. The summed E-state index contributed by atoms with van der Waals surface area (Å²) in [7, 11) is 0. The Labute approximate surface area is 191 Å². The smallest absolute Gasteiger partial charge is 0.407 e. The third-order valence-corrected chi connectivity index (χ3v) is 4.94. The van der Waals surface area contributed by atoms with E-state index in [1.54, 1.807) is 0 Å². The summed E-state index contributed by atoms with van der Waals surface area (Å²) in [5.74, 6) is -2.39. The SMILES string of the molecule is Oc1ccc(-c2c3cc(F)/c(=N\CC(F)(F)F)cc-3oc3cc(NCC(F)(F)F)c(F)cc23)cc1. The van der Waals surface area contributed by atoms with Gasteiger partial charge in [0, 0.05) is 28.6 Å². The molecule has 2 aromatic rings. The van der Waals surface area contributed by atoms with Crippen LogP contribution in [0.15, 0.2) is 57.9 Å². The summed E-state index contributed by atoms with van der Waals surface area (Å²) in [6.45, 7) is -3.18. The van der Waals surface area contributed by atoms with Gasteiger partial charge in [0.25, 0.3) is 0 Å². The van der Waals surface area contributed by atoms with Crippen molar-refractivity contribution in [3.63, 3.8) is 0 Å². The van der Waals surface area contributed by atoms with Gasteiger partial charge in [-0.1, -0.05) is 12.1 Å². The van der Waals surface area contributed by atoms with E-state index < -0.39 is 48.1 Å². The molecule has 0 saturated heterocycles. The van der Waals surface area contributed by atoms with Gasteiger partial charge in [0.05, 0.1) is 11.0 Å². The molecule has 0 unspecified atom stereocenters. The fourth-order valence-electron chi connectivity index (χ4n) is 3.49. The van der Waals surface area contributed by atoms with E-state index in [4.69, 9.17) is 4.42 Å². The first-order valence-corrected chi connectivity index (χ1v) is 9.87. The van der Waals surface area contributed by atoms with E-state index in [0.29, 0.717) is 5.56 Å². The number of alkyl halides is 6. The second kappa shape index (κ2) is 8.75. The molecule has 0 radical (unpaired) electrons. The van der Waals surface area contributed by atoms with Gasteiger partial charge in [0.15, 0.2) is 0 Å². The number of nitrogens with one attached hydrogen (secondary N) is 1. The van der Waals surface area contributed by atoms with Crippen molar-refractivity contribution in [2.45, 2.75) is 12.4 Å². The number of aromatic hydroxyl groups is 1. The van der Waals surface area contributed by atoms with Gasteiger partial charge in [0.2, 0.25) is 0 Å². The molecular weight excluding hydrogens is 488 g/mol. The zero-order valence-electron chi connectivity index (χ0n) is 17.4. The highest BCUT2D eigenvalue weighted by molar-refractivity contribution is 6.02. The summed E-state index contributed by atoms with van der Waals surface area (Å²) in [5.41, 5.74) is -0.0760. The minimum Gasteiger partial charge on any atom is -0.508 e. The summed E-state index contributed by atoms with van der Waals surface area (Å²) in [4.78, 5) is 3.22. The van der Waals surface area contributed by atoms with Gasteiger partial charge in [-0.3, -0.25) is 4.99 Å². The van der Waals surface area contributed by atoms with Crippen LogP contribution in [0.3, 0.4) is 0 Å². The maximum absolute atomic E-state index is 14.7. The van der Waals surface area contributed by atoms with Gasteiger partial charge in [-0.2, -0.15) is 26.3 Å². The Morgan fingerprint density at radius 2 is 1.54 bits per heavy atom. The highest BCUT2D eigenvalue weighted by Gasteiger charge is 2.28. The van der Waals surface area contributed by atoms with E-state index in [0.717, 1.165) is 24.3 Å². The Morgan fingerprint density at radius 3 is 2.17 bits per heavy atom. The third kappa shape index (κ3) is 5.47. The van der Waals surface area contributed by atoms with Gasteiger partial charge in [-0.05, 0) is 29.8 Å². The average molecular weight is 502 g/mol. The van der Waals surface area contributed by atoms with Crippen LogP contribution in [0.2, 0.25) is 0 Å². The molecule has 1 heterocycles. The summed E-state index contributed by atoms with van der Waals surface area (Å²) < 4.78 is 111. The highest BCUT2D eigenvalue weighted by Crippen LogP contribution is 2.42. The first-order chi connectivity index (χ1) is 16.3. The minimum absolute atomic E-state index is 0.0436. The second-order valence-corrected chi connectivity index (χ2v) is 7.55. The summed E-state index contributed by atoms with van der Waals surface area (Å²) in [5, 5.41) is 10.9. The predicted octanol–water partition coefficient (Wildman–Crippen LogP) is 6.63. The van der Waals surface area contributed by atoms with Crippen molar-refractivity contribution < 1.29 is 44.6 Å². The van der Waals surface area contributed by atoms with Crippen LogP contribution in [0, 0.1) is 11.6 Å². The third-order valence-electron chi connectivity index (χ3n) is 4.94. The van der Waals surface area contributed by atoms with E-state index in [-0.39, 0.29) is 33.6 Å². The van der Waals surface area contributed by atoms with Crippen LogP contribution >= 0.6 is 0 Å². The maximum atomic E-state index is 14.7. The number of anilines is 1. The van der Waals surface area contributed by atoms with Crippen LogP contribution in [0.1, 0.15) is 0 Å². The number of fused-ring (bicyclic) bond motifs is 2. The van der Waals surface area contributed by atoms with Crippen LogP contribution < -0.4 is 10.7 Å². The number of benzene rings is 3. The van der Waals surface area contributed by atoms with Crippen LogP contribution in [0.25, 0.3) is 33.4 Å². The van der Waals surface area contributed by atoms with Crippen molar-refractivity contribution in [3.05, 3.63) is 65.5 Å². The normalized spacial score (nSPS) is 13.1. The van der Waals surface area contributed by atoms with Gasteiger partial charge < -0.3 is 14.8 Å². The van der Waals surface area contributed by atoms with Crippen molar-refractivity contribution in [1.82, 2.24) is 0 Å². The first-order valence-electron chi connectivity index (χ1n) is 9.87. The standard InChI is InChI=1S/C23H14F8N2O2/c24-15-5-13-19(7-17(15)32-9-22(26,27)28)35-20-8-18(33-10-23(29,30)31)16(25)6-14(20)21(13)11-1-3-12(34)4-2-11/h1-8,32,34H,9-10H2/b33-18-. The molecule has 4 nitrogen and oxygen atoms in total. The Hall–Kier alpha value is -3.83. The highest BCUT2D eigenvalue weighted by atomic mass is 19.4. The Balaban J connectivity index is 2.00. The zero-order valence-corrected chi connectivity index (χ0v) is 17.4. The van der Waals surface area contributed by atoms with E-state index in [9.17, 15) is 40.2 Å². The molecule has 2 N–H and O–H groups in total. The van der Waals surface area contributed by atoms with Crippen molar-refractivity contribution in [3.8, 4) is 28.2 Å². The lowest BCUT2D eigenvalue weighted by atomic mass is 9.93. The number of halogens is 8. The number of phenolic OH excluding ortho intramolecular Hbond substituents is 1. The van der Waals surface area contributed by atoms with Crippen LogP contribution in [0.5, 0.6) is 5.75 Å². The molecule has 184 valence electrons. The van der Waals surface area contributed by atoms with Crippen molar-refractivity contribution in [1.29, 1.82) is 0 Å².